The Morgan fingerprint density at radius 2 is 2.13 bits per heavy atom. The van der Waals surface area contributed by atoms with Crippen LogP contribution < -0.4 is 0 Å². The standard InChI is InChI=1S/C15H17F3N2O3/c1-9-7-23-8-10(9)13(21)20-14(22,15(16,17)18)11-5-3-2-4-6-12(11)19-20/h7-8,11,22H,2-6H2,1H3/t11-,14-/m1/s1. The molecule has 1 N–H and O–H groups in total. The molecule has 23 heavy (non-hydrogen) atoms. The topological polar surface area (TPSA) is 66.0 Å². The number of hydrogen-bond donors (Lipinski definition) is 1. The van der Waals surface area contributed by atoms with Crippen LogP contribution in [-0.2, 0) is 0 Å². The molecule has 1 aliphatic heterocycles. The average Bonchev–Trinajstić information content (AvgIpc) is 2.92. The zero-order valence-corrected chi connectivity index (χ0v) is 12.6. The Balaban J connectivity index is 2.06. The Bertz CT molecular complexity index is 653. The third kappa shape index (κ3) is 2.36. The predicted molar refractivity (Wildman–Crippen MR) is 74.6 cm³/mol. The van der Waals surface area contributed by atoms with E-state index in [-0.39, 0.29) is 22.7 Å². The van der Waals surface area contributed by atoms with E-state index in [9.17, 15) is 23.1 Å². The molecule has 5 nitrogen and oxygen atoms in total. The second-order valence-electron chi connectivity index (χ2n) is 6.05. The van der Waals surface area contributed by atoms with Crippen LogP contribution in [-0.4, -0.2) is 33.6 Å². The van der Waals surface area contributed by atoms with E-state index >= 15 is 0 Å². The summed E-state index contributed by atoms with van der Waals surface area (Å²) in [4.78, 5) is 12.5. The number of nitrogens with zero attached hydrogens (tertiary/aromatic N) is 2. The van der Waals surface area contributed by atoms with Gasteiger partial charge in [-0.25, -0.2) is 0 Å². The first-order valence-corrected chi connectivity index (χ1v) is 7.50. The molecule has 1 amide bonds. The third-order valence-electron chi connectivity index (χ3n) is 4.56. The summed E-state index contributed by atoms with van der Waals surface area (Å²) in [5.74, 6) is -2.21. The van der Waals surface area contributed by atoms with Gasteiger partial charge in [0.25, 0.3) is 11.6 Å². The minimum absolute atomic E-state index is 0.0338. The molecule has 1 aromatic heterocycles. The molecule has 126 valence electrons. The van der Waals surface area contributed by atoms with E-state index in [0.717, 1.165) is 12.7 Å². The largest absolute Gasteiger partial charge is 0.471 e. The normalized spacial score (nSPS) is 28.3. The van der Waals surface area contributed by atoms with Gasteiger partial charge in [0.05, 0.1) is 17.7 Å². The van der Waals surface area contributed by atoms with Crippen LogP contribution in [0.2, 0.25) is 0 Å². The minimum atomic E-state index is -5.00. The average molecular weight is 330 g/mol. The molecule has 1 saturated carbocycles. The van der Waals surface area contributed by atoms with Crippen molar-refractivity contribution in [2.75, 3.05) is 0 Å². The fraction of sp³-hybridized carbons (Fsp3) is 0.600. The quantitative estimate of drug-likeness (QED) is 0.860. The number of rotatable bonds is 1. The van der Waals surface area contributed by atoms with Crippen molar-refractivity contribution in [3.05, 3.63) is 23.7 Å². The van der Waals surface area contributed by atoms with E-state index in [1.54, 1.807) is 6.92 Å². The van der Waals surface area contributed by atoms with Crippen LogP contribution in [0, 0.1) is 12.8 Å². The van der Waals surface area contributed by atoms with Crippen molar-refractivity contribution >= 4 is 11.6 Å². The summed E-state index contributed by atoms with van der Waals surface area (Å²) in [6.45, 7) is 1.55. The van der Waals surface area contributed by atoms with Crippen molar-refractivity contribution in [3.63, 3.8) is 0 Å². The smallest absolute Gasteiger partial charge is 0.439 e. The molecule has 0 bridgehead atoms. The number of furan rings is 1. The van der Waals surface area contributed by atoms with Crippen molar-refractivity contribution < 1.29 is 27.5 Å². The van der Waals surface area contributed by atoms with Gasteiger partial charge in [0.15, 0.2) is 0 Å². The number of hydrazone groups is 1. The van der Waals surface area contributed by atoms with Crippen LogP contribution in [0.15, 0.2) is 22.0 Å². The van der Waals surface area contributed by atoms with Crippen molar-refractivity contribution in [2.45, 2.75) is 50.9 Å². The van der Waals surface area contributed by atoms with Gasteiger partial charge in [-0.3, -0.25) is 4.79 Å². The molecule has 1 aliphatic carbocycles. The molecule has 0 spiro atoms. The molecule has 0 saturated heterocycles. The number of aryl methyl sites for hydroxylation is 1. The van der Waals surface area contributed by atoms with Gasteiger partial charge in [0, 0.05) is 11.3 Å². The molecule has 1 aromatic rings. The molecule has 0 unspecified atom stereocenters. The highest BCUT2D eigenvalue weighted by molar-refractivity contribution is 5.99. The second-order valence-corrected chi connectivity index (χ2v) is 6.05. The number of carbonyl (C=O) groups excluding carboxylic acids is 1. The lowest BCUT2D eigenvalue weighted by atomic mass is 9.87. The van der Waals surface area contributed by atoms with E-state index < -0.39 is 23.7 Å². The van der Waals surface area contributed by atoms with E-state index in [1.165, 1.54) is 6.26 Å². The molecule has 1 fully saturated rings. The van der Waals surface area contributed by atoms with Gasteiger partial charge in [0.1, 0.15) is 6.26 Å². The van der Waals surface area contributed by atoms with Crippen molar-refractivity contribution in [1.82, 2.24) is 5.01 Å². The molecule has 2 aliphatic rings. The molecule has 0 radical (unpaired) electrons. The zero-order valence-electron chi connectivity index (χ0n) is 12.6. The summed E-state index contributed by atoms with van der Waals surface area (Å²) in [5.41, 5.74) is -2.69. The lowest BCUT2D eigenvalue weighted by Crippen LogP contribution is -2.61. The maximum Gasteiger partial charge on any atom is 0.439 e. The number of alkyl halides is 3. The Hall–Kier alpha value is -1.83. The highest BCUT2D eigenvalue weighted by Crippen LogP contribution is 2.48. The highest BCUT2D eigenvalue weighted by atomic mass is 19.4. The molecule has 8 heteroatoms. The lowest BCUT2D eigenvalue weighted by molar-refractivity contribution is -0.312. The Morgan fingerprint density at radius 1 is 1.39 bits per heavy atom. The number of aliphatic hydroxyl groups is 1. The van der Waals surface area contributed by atoms with Gasteiger partial charge < -0.3 is 9.52 Å². The third-order valence-corrected chi connectivity index (χ3v) is 4.56. The fourth-order valence-corrected chi connectivity index (χ4v) is 3.29. The van der Waals surface area contributed by atoms with Crippen molar-refractivity contribution in [3.8, 4) is 0 Å². The summed E-state index contributed by atoms with van der Waals surface area (Å²) in [5, 5.41) is 14.6. The van der Waals surface area contributed by atoms with Gasteiger partial charge in [-0.2, -0.15) is 23.3 Å². The van der Waals surface area contributed by atoms with Gasteiger partial charge in [-0.1, -0.05) is 12.8 Å². The van der Waals surface area contributed by atoms with Crippen LogP contribution in [0.1, 0.15) is 48.0 Å². The van der Waals surface area contributed by atoms with Gasteiger partial charge in [-0.05, 0) is 26.2 Å². The van der Waals surface area contributed by atoms with Crippen LogP contribution in [0.25, 0.3) is 0 Å². The molecule has 2 heterocycles. The van der Waals surface area contributed by atoms with E-state index in [0.29, 0.717) is 24.8 Å². The molecule has 0 aromatic carbocycles. The fourth-order valence-electron chi connectivity index (χ4n) is 3.29. The minimum Gasteiger partial charge on any atom is -0.471 e. The van der Waals surface area contributed by atoms with Crippen LogP contribution in [0.5, 0.6) is 0 Å². The lowest BCUT2D eigenvalue weighted by Gasteiger charge is -2.37. The summed E-state index contributed by atoms with van der Waals surface area (Å²) < 4.78 is 45.8. The summed E-state index contributed by atoms with van der Waals surface area (Å²) in [6.07, 6.45) is -0.0894. The summed E-state index contributed by atoms with van der Waals surface area (Å²) in [6, 6.07) is 0. The molecule has 2 atom stereocenters. The number of amides is 1. The molecular formula is C15H17F3N2O3. The Morgan fingerprint density at radius 3 is 2.74 bits per heavy atom. The number of fused-ring (bicyclic) bond motifs is 1. The number of hydrogen-bond acceptors (Lipinski definition) is 4. The first-order valence-electron chi connectivity index (χ1n) is 7.50. The first kappa shape index (κ1) is 16.0. The van der Waals surface area contributed by atoms with Gasteiger partial charge in [0.2, 0.25) is 0 Å². The molecular weight excluding hydrogens is 313 g/mol. The maximum absolute atomic E-state index is 13.7. The Kier molecular flexibility index (Phi) is 3.74. The second kappa shape index (κ2) is 5.36. The predicted octanol–water partition coefficient (Wildman–Crippen LogP) is 3.23. The molecule has 3 rings (SSSR count). The van der Waals surface area contributed by atoms with E-state index in [4.69, 9.17) is 4.42 Å². The number of carbonyl (C=O) groups is 1. The monoisotopic (exact) mass is 330 g/mol. The highest BCUT2D eigenvalue weighted by Gasteiger charge is 2.68. The van der Waals surface area contributed by atoms with Gasteiger partial charge >= 0.3 is 6.18 Å². The summed E-state index contributed by atoms with van der Waals surface area (Å²) >= 11 is 0. The van der Waals surface area contributed by atoms with E-state index in [1.807, 2.05) is 0 Å². The SMILES string of the molecule is Cc1cocc1C(=O)N1N=C2CCCCC[C@H]2[C@@]1(O)C(F)(F)F. The maximum atomic E-state index is 13.7. The van der Waals surface area contributed by atoms with Crippen molar-refractivity contribution in [1.29, 1.82) is 0 Å². The van der Waals surface area contributed by atoms with Crippen LogP contribution >= 0.6 is 0 Å². The first-order chi connectivity index (χ1) is 10.8. The van der Waals surface area contributed by atoms with Crippen molar-refractivity contribution in [2.24, 2.45) is 11.0 Å². The van der Waals surface area contributed by atoms with Crippen LogP contribution in [0.3, 0.4) is 0 Å². The van der Waals surface area contributed by atoms with Crippen LogP contribution in [0.4, 0.5) is 13.2 Å². The van der Waals surface area contributed by atoms with Gasteiger partial charge in [-0.15, -0.1) is 0 Å². The zero-order chi connectivity index (χ0) is 16.8. The summed E-state index contributed by atoms with van der Waals surface area (Å²) in [7, 11) is 0. The van der Waals surface area contributed by atoms with E-state index in [2.05, 4.69) is 5.10 Å². The number of halogens is 3. The Labute approximate surface area is 130 Å².